The standard InChI is InChI=1S/C9H12N2O3/c1-6(2)9-10-4-3-7(11-9)14-5-8(12)13/h3-4,6H,5H2,1-2H3,(H,12,13). The Morgan fingerprint density at radius 3 is 2.93 bits per heavy atom. The summed E-state index contributed by atoms with van der Waals surface area (Å²) < 4.78 is 4.91. The molecule has 76 valence electrons. The number of carboxylic acids is 1. The van der Waals surface area contributed by atoms with Gasteiger partial charge >= 0.3 is 5.97 Å². The molecule has 1 aromatic heterocycles. The first-order valence-corrected chi connectivity index (χ1v) is 4.27. The lowest BCUT2D eigenvalue weighted by molar-refractivity contribution is -0.139. The predicted molar refractivity (Wildman–Crippen MR) is 49.3 cm³/mol. The van der Waals surface area contributed by atoms with Gasteiger partial charge in [-0.2, -0.15) is 4.98 Å². The van der Waals surface area contributed by atoms with E-state index in [0.717, 1.165) is 0 Å². The number of rotatable bonds is 4. The Labute approximate surface area is 81.8 Å². The van der Waals surface area contributed by atoms with Crippen LogP contribution in [-0.4, -0.2) is 27.7 Å². The van der Waals surface area contributed by atoms with Crippen molar-refractivity contribution in [2.24, 2.45) is 0 Å². The number of nitrogens with zero attached hydrogens (tertiary/aromatic N) is 2. The number of hydrogen-bond acceptors (Lipinski definition) is 4. The fourth-order valence-electron chi connectivity index (χ4n) is 0.851. The first kappa shape index (κ1) is 10.4. The lowest BCUT2D eigenvalue weighted by atomic mass is 10.2. The molecule has 0 bridgehead atoms. The minimum Gasteiger partial charge on any atom is -0.479 e. The van der Waals surface area contributed by atoms with E-state index in [1.54, 1.807) is 6.20 Å². The number of hydrogen-bond donors (Lipinski definition) is 1. The van der Waals surface area contributed by atoms with E-state index in [1.165, 1.54) is 6.07 Å². The van der Waals surface area contributed by atoms with E-state index < -0.39 is 5.97 Å². The second-order valence-corrected chi connectivity index (χ2v) is 3.09. The molecule has 0 radical (unpaired) electrons. The molecule has 1 aromatic rings. The molecule has 0 fully saturated rings. The quantitative estimate of drug-likeness (QED) is 0.779. The molecular weight excluding hydrogens is 184 g/mol. The summed E-state index contributed by atoms with van der Waals surface area (Å²) in [6.45, 7) is 3.53. The zero-order valence-electron chi connectivity index (χ0n) is 8.10. The summed E-state index contributed by atoms with van der Waals surface area (Å²) in [5, 5.41) is 8.38. The van der Waals surface area contributed by atoms with Crippen LogP contribution in [0, 0.1) is 0 Å². The third-order valence-electron chi connectivity index (χ3n) is 1.51. The van der Waals surface area contributed by atoms with Gasteiger partial charge in [-0.25, -0.2) is 9.78 Å². The van der Waals surface area contributed by atoms with Gasteiger partial charge in [0, 0.05) is 18.2 Å². The van der Waals surface area contributed by atoms with Crippen molar-refractivity contribution in [2.45, 2.75) is 19.8 Å². The Balaban J connectivity index is 2.68. The Kier molecular flexibility index (Phi) is 3.39. The molecule has 0 aliphatic rings. The van der Waals surface area contributed by atoms with Crippen LogP contribution >= 0.6 is 0 Å². The molecule has 0 saturated heterocycles. The van der Waals surface area contributed by atoms with Gasteiger partial charge < -0.3 is 9.84 Å². The molecule has 1 heterocycles. The van der Waals surface area contributed by atoms with Crippen LogP contribution in [0.3, 0.4) is 0 Å². The first-order chi connectivity index (χ1) is 6.59. The average Bonchev–Trinajstić information content (AvgIpc) is 2.15. The van der Waals surface area contributed by atoms with Crippen molar-refractivity contribution in [3.63, 3.8) is 0 Å². The van der Waals surface area contributed by atoms with Crippen molar-refractivity contribution in [3.8, 4) is 5.88 Å². The number of ether oxygens (including phenoxy) is 1. The second-order valence-electron chi connectivity index (χ2n) is 3.09. The van der Waals surface area contributed by atoms with E-state index in [0.29, 0.717) is 11.7 Å². The highest BCUT2D eigenvalue weighted by atomic mass is 16.5. The van der Waals surface area contributed by atoms with Gasteiger partial charge in [0.25, 0.3) is 0 Å². The lowest BCUT2D eigenvalue weighted by Gasteiger charge is -2.05. The SMILES string of the molecule is CC(C)c1nccc(OCC(=O)O)n1. The molecule has 14 heavy (non-hydrogen) atoms. The van der Waals surface area contributed by atoms with Crippen LogP contribution in [0.15, 0.2) is 12.3 Å². The van der Waals surface area contributed by atoms with Crippen molar-refractivity contribution in [3.05, 3.63) is 18.1 Å². The summed E-state index contributed by atoms with van der Waals surface area (Å²) in [6.07, 6.45) is 1.56. The van der Waals surface area contributed by atoms with Crippen LogP contribution in [0.5, 0.6) is 5.88 Å². The lowest BCUT2D eigenvalue weighted by Crippen LogP contribution is -2.11. The normalized spacial score (nSPS) is 10.2. The van der Waals surface area contributed by atoms with Gasteiger partial charge in [-0.05, 0) is 0 Å². The molecule has 1 N–H and O–H groups in total. The van der Waals surface area contributed by atoms with Gasteiger partial charge in [0.15, 0.2) is 6.61 Å². The van der Waals surface area contributed by atoms with Crippen molar-refractivity contribution in [2.75, 3.05) is 6.61 Å². The van der Waals surface area contributed by atoms with Gasteiger partial charge in [-0.3, -0.25) is 0 Å². The number of aliphatic carboxylic acids is 1. The van der Waals surface area contributed by atoms with E-state index in [-0.39, 0.29) is 12.5 Å². The first-order valence-electron chi connectivity index (χ1n) is 4.27. The second kappa shape index (κ2) is 4.55. The van der Waals surface area contributed by atoms with E-state index in [9.17, 15) is 4.79 Å². The summed E-state index contributed by atoms with van der Waals surface area (Å²) in [5.74, 6) is 0.122. The Hall–Kier alpha value is -1.65. The maximum absolute atomic E-state index is 10.2. The van der Waals surface area contributed by atoms with Crippen LogP contribution in [0.4, 0.5) is 0 Å². The molecule has 0 spiro atoms. The molecule has 0 atom stereocenters. The summed E-state index contributed by atoms with van der Waals surface area (Å²) >= 11 is 0. The predicted octanol–water partition coefficient (Wildman–Crippen LogP) is 1.06. The van der Waals surface area contributed by atoms with Gasteiger partial charge in [-0.15, -0.1) is 0 Å². The third kappa shape index (κ3) is 3.01. The van der Waals surface area contributed by atoms with Crippen LogP contribution in [0.2, 0.25) is 0 Å². The number of carboxylic acid groups (broad SMARTS) is 1. The van der Waals surface area contributed by atoms with Gasteiger partial charge in [-0.1, -0.05) is 13.8 Å². The fraction of sp³-hybridized carbons (Fsp3) is 0.444. The number of carbonyl (C=O) groups is 1. The molecule has 0 aliphatic heterocycles. The molecule has 0 aliphatic carbocycles. The smallest absolute Gasteiger partial charge is 0.341 e. The highest BCUT2D eigenvalue weighted by molar-refractivity contribution is 5.68. The van der Waals surface area contributed by atoms with Crippen molar-refractivity contribution < 1.29 is 14.6 Å². The molecule has 5 nitrogen and oxygen atoms in total. The summed E-state index contributed by atoms with van der Waals surface area (Å²) in [4.78, 5) is 18.3. The van der Waals surface area contributed by atoms with Gasteiger partial charge in [0.2, 0.25) is 5.88 Å². The molecule has 0 saturated carbocycles. The van der Waals surface area contributed by atoms with Gasteiger partial charge in [0.1, 0.15) is 5.82 Å². The summed E-state index contributed by atoms with van der Waals surface area (Å²) in [7, 11) is 0. The minimum absolute atomic E-state index is 0.198. The average molecular weight is 196 g/mol. The van der Waals surface area contributed by atoms with E-state index in [2.05, 4.69) is 9.97 Å². The Morgan fingerprint density at radius 1 is 1.64 bits per heavy atom. The molecule has 5 heteroatoms. The van der Waals surface area contributed by atoms with Gasteiger partial charge in [0.05, 0.1) is 0 Å². The van der Waals surface area contributed by atoms with E-state index in [4.69, 9.17) is 9.84 Å². The maximum atomic E-state index is 10.2. The van der Waals surface area contributed by atoms with Crippen molar-refractivity contribution in [1.82, 2.24) is 9.97 Å². The zero-order valence-corrected chi connectivity index (χ0v) is 8.10. The van der Waals surface area contributed by atoms with Crippen molar-refractivity contribution >= 4 is 5.97 Å². The molecule has 1 rings (SSSR count). The topological polar surface area (TPSA) is 72.3 Å². The molecule has 0 unspecified atom stereocenters. The fourth-order valence-corrected chi connectivity index (χ4v) is 0.851. The Morgan fingerprint density at radius 2 is 2.36 bits per heavy atom. The largest absolute Gasteiger partial charge is 0.479 e. The zero-order chi connectivity index (χ0) is 10.6. The maximum Gasteiger partial charge on any atom is 0.341 e. The van der Waals surface area contributed by atoms with E-state index in [1.807, 2.05) is 13.8 Å². The number of aromatic nitrogens is 2. The molecular formula is C9H12N2O3. The van der Waals surface area contributed by atoms with Crippen LogP contribution in [0.25, 0.3) is 0 Å². The molecule has 0 aromatic carbocycles. The summed E-state index contributed by atoms with van der Waals surface area (Å²) in [6, 6.07) is 1.54. The third-order valence-corrected chi connectivity index (χ3v) is 1.51. The summed E-state index contributed by atoms with van der Waals surface area (Å²) in [5.41, 5.74) is 0. The molecule has 0 amide bonds. The van der Waals surface area contributed by atoms with Crippen LogP contribution < -0.4 is 4.74 Å². The highest BCUT2D eigenvalue weighted by Crippen LogP contribution is 2.12. The van der Waals surface area contributed by atoms with Crippen LogP contribution in [0.1, 0.15) is 25.6 Å². The monoisotopic (exact) mass is 196 g/mol. The van der Waals surface area contributed by atoms with Crippen LogP contribution in [-0.2, 0) is 4.79 Å². The Bertz CT molecular complexity index is 326. The highest BCUT2D eigenvalue weighted by Gasteiger charge is 2.05. The minimum atomic E-state index is -1.02. The van der Waals surface area contributed by atoms with E-state index >= 15 is 0 Å². The van der Waals surface area contributed by atoms with Crippen molar-refractivity contribution in [1.29, 1.82) is 0 Å².